The molecule has 1 aliphatic rings. The highest BCUT2D eigenvalue weighted by Crippen LogP contribution is 2.39. The van der Waals surface area contributed by atoms with Gasteiger partial charge in [-0.3, -0.25) is 4.79 Å². The van der Waals surface area contributed by atoms with Gasteiger partial charge in [0.2, 0.25) is 0 Å². The lowest BCUT2D eigenvalue weighted by molar-refractivity contribution is -0.183. The molecule has 0 saturated heterocycles. The van der Waals surface area contributed by atoms with Crippen molar-refractivity contribution < 1.29 is 23.1 Å². The molecule has 96 valence electrons. The molecule has 0 aromatic rings. The van der Waals surface area contributed by atoms with Gasteiger partial charge >= 0.3 is 12.1 Å². The van der Waals surface area contributed by atoms with E-state index in [1.165, 1.54) is 0 Å². The largest absolute Gasteiger partial charge is 0.480 e. The molecule has 0 bridgehead atoms. The Balaban J connectivity index is 0.000000385. The van der Waals surface area contributed by atoms with Gasteiger partial charge in [-0.2, -0.15) is 13.2 Å². The standard InChI is InChI=1S/C8H13F3.C2H5NO2/c1-6-2-4-7(5-3-6)8(9,10)11;3-1-2(4)5/h6-7H,2-5H2,1H3;1,3H2,(H,4,5). The first-order valence-corrected chi connectivity index (χ1v) is 5.26. The van der Waals surface area contributed by atoms with Gasteiger partial charge in [0.15, 0.2) is 0 Å². The molecule has 0 radical (unpaired) electrons. The van der Waals surface area contributed by atoms with Crippen molar-refractivity contribution in [2.45, 2.75) is 38.8 Å². The highest BCUT2D eigenvalue weighted by atomic mass is 19.4. The van der Waals surface area contributed by atoms with E-state index in [0.717, 1.165) is 12.8 Å². The van der Waals surface area contributed by atoms with Gasteiger partial charge in [0, 0.05) is 0 Å². The Morgan fingerprint density at radius 2 is 1.69 bits per heavy atom. The molecule has 0 unspecified atom stereocenters. The molecular formula is C10H18F3NO2. The fourth-order valence-corrected chi connectivity index (χ4v) is 1.59. The third-order valence-corrected chi connectivity index (χ3v) is 2.65. The van der Waals surface area contributed by atoms with E-state index in [2.05, 4.69) is 5.73 Å². The number of hydrogen-bond acceptors (Lipinski definition) is 2. The maximum absolute atomic E-state index is 12.1. The Bertz CT molecular complexity index is 211. The van der Waals surface area contributed by atoms with Crippen molar-refractivity contribution in [3.8, 4) is 0 Å². The number of rotatable bonds is 1. The lowest BCUT2D eigenvalue weighted by Gasteiger charge is -2.27. The van der Waals surface area contributed by atoms with Crippen LogP contribution in [-0.2, 0) is 4.79 Å². The maximum atomic E-state index is 12.1. The van der Waals surface area contributed by atoms with Crippen LogP contribution in [0.4, 0.5) is 13.2 Å². The Morgan fingerprint density at radius 3 is 1.94 bits per heavy atom. The molecule has 0 heterocycles. The van der Waals surface area contributed by atoms with Crippen LogP contribution < -0.4 is 5.73 Å². The van der Waals surface area contributed by atoms with Gasteiger partial charge in [0.05, 0.1) is 12.5 Å². The van der Waals surface area contributed by atoms with Gasteiger partial charge in [-0.15, -0.1) is 0 Å². The molecule has 6 heteroatoms. The van der Waals surface area contributed by atoms with Crippen LogP contribution in [0.15, 0.2) is 0 Å². The summed E-state index contributed by atoms with van der Waals surface area (Å²) in [6.45, 7) is 1.74. The Morgan fingerprint density at radius 1 is 1.31 bits per heavy atom. The van der Waals surface area contributed by atoms with Gasteiger partial charge in [0.25, 0.3) is 0 Å². The van der Waals surface area contributed by atoms with E-state index in [-0.39, 0.29) is 6.54 Å². The Kier molecular flexibility index (Phi) is 6.40. The van der Waals surface area contributed by atoms with Crippen molar-refractivity contribution in [3.05, 3.63) is 0 Å². The van der Waals surface area contributed by atoms with E-state index in [1.807, 2.05) is 6.92 Å². The summed E-state index contributed by atoms with van der Waals surface area (Å²) in [7, 11) is 0. The number of carbonyl (C=O) groups is 1. The summed E-state index contributed by atoms with van der Waals surface area (Å²) >= 11 is 0. The predicted octanol–water partition coefficient (Wildman–Crippen LogP) is 2.40. The summed E-state index contributed by atoms with van der Waals surface area (Å²) in [5, 5.41) is 7.60. The van der Waals surface area contributed by atoms with Crippen LogP contribution in [0.1, 0.15) is 32.6 Å². The molecule has 16 heavy (non-hydrogen) atoms. The zero-order valence-electron chi connectivity index (χ0n) is 9.26. The third kappa shape index (κ3) is 6.66. The first kappa shape index (κ1) is 15.2. The second-order valence-corrected chi connectivity index (χ2v) is 4.10. The molecule has 1 saturated carbocycles. The number of alkyl halides is 3. The van der Waals surface area contributed by atoms with E-state index < -0.39 is 18.1 Å². The number of carboxylic acids is 1. The lowest BCUT2D eigenvalue weighted by atomic mass is 9.83. The van der Waals surface area contributed by atoms with E-state index in [1.54, 1.807) is 0 Å². The first-order valence-electron chi connectivity index (χ1n) is 5.26. The van der Waals surface area contributed by atoms with Crippen LogP contribution in [0.25, 0.3) is 0 Å². The van der Waals surface area contributed by atoms with Gasteiger partial charge < -0.3 is 10.8 Å². The van der Waals surface area contributed by atoms with Crippen molar-refractivity contribution >= 4 is 5.97 Å². The highest BCUT2D eigenvalue weighted by Gasteiger charge is 2.40. The fraction of sp³-hybridized carbons (Fsp3) is 0.900. The monoisotopic (exact) mass is 241 g/mol. The molecule has 1 fully saturated rings. The second kappa shape index (κ2) is 6.73. The predicted molar refractivity (Wildman–Crippen MR) is 53.9 cm³/mol. The molecule has 0 amide bonds. The summed E-state index contributed by atoms with van der Waals surface area (Å²) in [4.78, 5) is 9.24. The molecule has 3 N–H and O–H groups in total. The molecule has 1 rings (SSSR count). The molecule has 3 nitrogen and oxygen atoms in total. The van der Waals surface area contributed by atoms with Crippen LogP contribution in [0.2, 0.25) is 0 Å². The van der Waals surface area contributed by atoms with Gasteiger partial charge in [-0.05, 0) is 18.8 Å². The van der Waals surface area contributed by atoms with Crippen LogP contribution in [0, 0.1) is 11.8 Å². The molecule has 0 aromatic heterocycles. The molecular weight excluding hydrogens is 223 g/mol. The lowest BCUT2D eigenvalue weighted by Crippen LogP contribution is -2.26. The van der Waals surface area contributed by atoms with E-state index in [4.69, 9.17) is 5.11 Å². The first-order chi connectivity index (χ1) is 7.27. The number of halogens is 3. The minimum atomic E-state index is -3.94. The summed E-state index contributed by atoms with van der Waals surface area (Å²) in [5.74, 6) is -1.49. The topological polar surface area (TPSA) is 63.3 Å². The summed E-state index contributed by atoms with van der Waals surface area (Å²) in [6.07, 6.45) is -1.79. The Labute approximate surface area is 92.8 Å². The quantitative estimate of drug-likeness (QED) is 0.741. The van der Waals surface area contributed by atoms with Crippen molar-refractivity contribution in [1.29, 1.82) is 0 Å². The fourth-order valence-electron chi connectivity index (χ4n) is 1.59. The number of aliphatic carboxylic acids is 1. The van der Waals surface area contributed by atoms with Crippen molar-refractivity contribution in [2.24, 2.45) is 17.6 Å². The summed E-state index contributed by atoms with van der Waals surface area (Å²) < 4.78 is 36.2. The SMILES string of the molecule is CC1CCC(C(F)(F)F)CC1.NCC(=O)O. The molecule has 1 aliphatic carbocycles. The van der Waals surface area contributed by atoms with E-state index >= 15 is 0 Å². The maximum Gasteiger partial charge on any atom is 0.391 e. The minimum absolute atomic E-state index is 0.278. The van der Waals surface area contributed by atoms with E-state index in [0.29, 0.717) is 18.8 Å². The Hall–Kier alpha value is -0.780. The van der Waals surface area contributed by atoms with Crippen molar-refractivity contribution in [1.82, 2.24) is 0 Å². The minimum Gasteiger partial charge on any atom is -0.480 e. The average molecular weight is 241 g/mol. The normalized spacial score (nSPS) is 25.6. The van der Waals surface area contributed by atoms with Gasteiger partial charge in [0.1, 0.15) is 0 Å². The molecule has 0 atom stereocenters. The number of nitrogens with two attached hydrogens (primary N) is 1. The molecule has 0 aliphatic heterocycles. The number of carboxylic acid groups (broad SMARTS) is 1. The van der Waals surface area contributed by atoms with Crippen LogP contribution in [0.3, 0.4) is 0 Å². The highest BCUT2D eigenvalue weighted by molar-refractivity contribution is 5.68. The summed E-state index contributed by atoms with van der Waals surface area (Å²) in [6, 6.07) is 0. The van der Waals surface area contributed by atoms with Crippen LogP contribution >= 0.6 is 0 Å². The van der Waals surface area contributed by atoms with Crippen LogP contribution in [0.5, 0.6) is 0 Å². The van der Waals surface area contributed by atoms with Crippen LogP contribution in [-0.4, -0.2) is 23.8 Å². The number of hydrogen-bond donors (Lipinski definition) is 2. The van der Waals surface area contributed by atoms with Crippen molar-refractivity contribution in [3.63, 3.8) is 0 Å². The van der Waals surface area contributed by atoms with Crippen molar-refractivity contribution in [2.75, 3.05) is 6.54 Å². The van der Waals surface area contributed by atoms with Gasteiger partial charge in [-0.25, -0.2) is 0 Å². The molecule has 0 aromatic carbocycles. The second-order valence-electron chi connectivity index (χ2n) is 4.10. The molecule has 0 spiro atoms. The zero-order valence-corrected chi connectivity index (χ0v) is 9.26. The van der Waals surface area contributed by atoms with E-state index in [9.17, 15) is 18.0 Å². The third-order valence-electron chi connectivity index (χ3n) is 2.65. The zero-order chi connectivity index (χ0) is 12.8. The smallest absolute Gasteiger partial charge is 0.391 e. The average Bonchev–Trinajstić information content (AvgIpc) is 2.18. The van der Waals surface area contributed by atoms with Gasteiger partial charge in [-0.1, -0.05) is 19.8 Å². The summed E-state index contributed by atoms with van der Waals surface area (Å²) in [5.41, 5.74) is 4.57.